The van der Waals surface area contributed by atoms with E-state index < -0.39 is 9.84 Å². The zero-order valence-electron chi connectivity index (χ0n) is 11.6. The molecule has 0 aromatic carbocycles. The van der Waals surface area contributed by atoms with Gasteiger partial charge in [0.1, 0.15) is 5.76 Å². The first-order valence-electron chi connectivity index (χ1n) is 6.68. The quantitative estimate of drug-likeness (QED) is 0.845. The molecule has 1 aromatic heterocycles. The van der Waals surface area contributed by atoms with E-state index >= 15 is 0 Å². The molecule has 0 aliphatic carbocycles. The molecule has 0 spiro atoms. The standard InChI is InChI=1S/C13H22N2O3S/c1-3-14-8-13-11(4-6-18-13)9-15(2)12-5-7-19(16,17)10-12/h4,6,12,14H,3,5,7-10H2,1-2H3. The normalized spacial score (nSPS) is 22.2. The van der Waals surface area contributed by atoms with Crippen LogP contribution in [0, 0.1) is 0 Å². The number of furan rings is 1. The molecule has 1 aliphatic rings. The van der Waals surface area contributed by atoms with Crippen LogP contribution >= 0.6 is 0 Å². The molecular weight excluding hydrogens is 264 g/mol. The van der Waals surface area contributed by atoms with Crippen molar-refractivity contribution in [3.8, 4) is 0 Å². The summed E-state index contributed by atoms with van der Waals surface area (Å²) in [6, 6.07) is 2.10. The van der Waals surface area contributed by atoms with Gasteiger partial charge in [0.05, 0.1) is 24.3 Å². The molecule has 0 saturated carbocycles. The molecule has 5 nitrogen and oxygen atoms in total. The summed E-state index contributed by atoms with van der Waals surface area (Å²) < 4.78 is 28.5. The zero-order chi connectivity index (χ0) is 13.9. The van der Waals surface area contributed by atoms with Crippen LogP contribution in [0.15, 0.2) is 16.7 Å². The maximum Gasteiger partial charge on any atom is 0.151 e. The maximum absolute atomic E-state index is 11.5. The van der Waals surface area contributed by atoms with Gasteiger partial charge in [0.2, 0.25) is 0 Å². The fourth-order valence-electron chi connectivity index (χ4n) is 2.42. The Bertz CT molecular complexity index is 510. The van der Waals surface area contributed by atoms with Crippen molar-refractivity contribution >= 4 is 9.84 Å². The summed E-state index contributed by atoms with van der Waals surface area (Å²) in [7, 11) is -0.839. The zero-order valence-corrected chi connectivity index (χ0v) is 12.4. The third-order valence-corrected chi connectivity index (χ3v) is 5.38. The first kappa shape index (κ1) is 14.6. The summed E-state index contributed by atoms with van der Waals surface area (Å²) >= 11 is 0. The Kier molecular flexibility index (Phi) is 4.65. The maximum atomic E-state index is 11.5. The highest BCUT2D eigenvalue weighted by molar-refractivity contribution is 7.91. The molecule has 1 fully saturated rings. The van der Waals surface area contributed by atoms with E-state index in [0.29, 0.717) is 5.75 Å². The fraction of sp³-hybridized carbons (Fsp3) is 0.692. The molecule has 1 saturated heterocycles. The van der Waals surface area contributed by atoms with Crippen LogP contribution in [-0.4, -0.2) is 44.5 Å². The molecule has 0 amide bonds. The number of nitrogens with one attached hydrogen (secondary N) is 1. The average molecular weight is 286 g/mol. The first-order valence-corrected chi connectivity index (χ1v) is 8.50. The number of sulfone groups is 1. The van der Waals surface area contributed by atoms with Crippen molar-refractivity contribution in [2.75, 3.05) is 25.1 Å². The van der Waals surface area contributed by atoms with Crippen molar-refractivity contribution in [1.82, 2.24) is 10.2 Å². The lowest BCUT2D eigenvalue weighted by molar-refractivity contribution is 0.251. The van der Waals surface area contributed by atoms with Gasteiger partial charge in [-0.15, -0.1) is 0 Å². The first-order chi connectivity index (χ1) is 9.02. The molecule has 0 radical (unpaired) electrons. The Morgan fingerprint density at radius 2 is 2.32 bits per heavy atom. The lowest BCUT2D eigenvalue weighted by Gasteiger charge is -2.22. The minimum Gasteiger partial charge on any atom is -0.468 e. The third-order valence-electron chi connectivity index (χ3n) is 3.62. The van der Waals surface area contributed by atoms with E-state index in [0.717, 1.165) is 37.4 Å². The predicted octanol–water partition coefficient (Wildman–Crippen LogP) is 1.01. The van der Waals surface area contributed by atoms with E-state index in [2.05, 4.69) is 17.1 Å². The van der Waals surface area contributed by atoms with Crippen molar-refractivity contribution in [2.24, 2.45) is 0 Å². The van der Waals surface area contributed by atoms with E-state index in [1.54, 1.807) is 6.26 Å². The summed E-state index contributed by atoms with van der Waals surface area (Å²) in [5, 5.41) is 3.24. The van der Waals surface area contributed by atoms with Gasteiger partial charge in [0, 0.05) is 18.2 Å². The largest absolute Gasteiger partial charge is 0.468 e. The van der Waals surface area contributed by atoms with Gasteiger partial charge in [-0.25, -0.2) is 8.42 Å². The molecule has 1 unspecified atom stereocenters. The molecule has 1 aromatic rings. The molecular formula is C13H22N2O3S. The molecule has 19 heavy (non-hydrogen) atoms. The van der Waals surface area contributed by atoms with E-state index in [1.165, 1.54) is 0 Å². The molecule has 0 bridgehead atoms. The topological polar surface area (TPSA) is 62.6 Å². The summed E-state index contributed by atoms with van der Waals surface area (Å²) in [6.45, 7) is 4.40. The van der Waals surface area contributed by atoms with Crippen molar-refractivity contribution in [2.45, 2.75) is 32.5 Å². The fourth-order valence-corrected chi connectivity index (χ4v) is 4.23. The van der Waals surface area contributed by atoms with Crippen LogP contribution in [-0.2, 0) is 22.9 Å². The predicted molar refractivity (Wildman–Crippen MR) is 74.6 cm³/mol. The van der Waals surface area contributed by atoms with Crippen molar-refractivity contribution in [3.05, 3.63) is 23.7 Å². The molecule has 108 valence electrons. The van der Waals surface area contributed by atoms with Gasteiger partial charge >= 0.3 is 0 Å². The Morgan fingerprint density at radius 3 is 2.95 bits per heavy atom. The van der Waals surface area contributed by atoms with Gasteiger partial charge in [-0.05, 0) is 26.1 Å². The third kappa shape index (κ3) is 3.81. The Hall–Kier alpha value is -0.850. The number of rotatable bonds is 6. The van der Waals surface area contributed by atoms with Gasteiger partial charge in [-0.2, -0.15) is 0 Å². The second-order valence-corrected chi connectivity index (χ2v) is 7.35. The van der Waals surface area contributed by atoms with Crippen molar-refractivity contribution in [3.63, 3.8) is 0 Å². The van der Waals surface area contributed by atoms with Gasteiger partial charge in [0.25, 0.3) is 0 Å². The number of nitrogens with zero attached hydrogens (tertiary/aromatic N) is 1. The monoisotopic (exact) mass is 286 g/mol. The summed E-state index contributed by atoms with van der Waals surface area (Å²) in [4.78, 5) is 2.12. The highest BCUT2D eigenvalue weighted by Crippen LogP contribution is 2.20. The van der Waals surface area contributed by atoms with Crippen LogP contribution in [0.2, 0.25) is 0 Å². The van der Waals surface area contributed by atoms with E-state index in [1.807, 2.05) is 13.1 Å². The molecule has 6 heteroatoms. The van der Waals surface area contributed by atoms with Crippen LogP contribution in [0.5, 0.6) is 0 Å². The average Bonchev–Trinajstić information content (AvgIpc) is 2.93. The molecule has 1 N–H and O–H groups in total. The van der Waals surface area contributed by atoms with E-state index in [-0.39, 0.29) is 11.8 Å². The lowest BCUT2D eigenvalue weighted by Crippen LogP contribution is -2.32. The van der Waals surface area contributed by atoms with Crippen LogP contribution in [0.3, 0.4) is 0 Å². The highest BCUT2D eigenvalue weighted by Gasteiger charge is 2.30. The van der Waals surface area contributed by atoms with Gasteiger partial charge < -0.3 is 9.73 Å². The summed E-state index contributed by atoms with van der Waals surface area (Å²) in [5.41, 5.74) is 1.13. The Balaban J connectivity index is 1.95. The number of hydrogen-bond donors (Lipinski definition) is 1. The van der Waals surface area contributed by atoms with Gasteiger partial charge in [-0.3, -0.25) is 4.90 Å². The minimum atomic E-state index is -2.82. The Morgan fingerprint density at radius 1 is 1.53 bits per heavy atom. The molecule has 1 atom stereocenters. The molecule has 1 aliphatic heterocycles. The van der Waals surface area contributed by atoms with Crippen LogP contribution in [0.1, 0.15) is 24.7 Å². The summed E-state index contributed by atoms with van der Waals surface area (Å²) in [5.74, 6) is 1.54. The smallest absolute Gasteiger partial charge is 0.151 e. The second-order valence-electron chi connectivity index (χ2n) is 5.12. The van der Waals surface area contributed by atoms with Crippen LogP contribution < -0.4 is 5.32 Å². The highest BCUT2D eigenvalue weighted by atomic mass is 32.2. The van der Waals surface area contributed by atoms with Crippen molar-refractivity contribution in [1.29, 1.82) is 0 Å². The summed E-state index contributed by atoms with van der Waals surface area (Å²) in [6.07, 6.45) is 2.43. The van der Waals surface area contributed by atoms with Gasteiger partial charge in [-0.1, -0.05) is 6.92 Å². The van der Waals surface area contributed by atoms with E-state index in [9.17, 15) is 8.42 Å². The van der Waals surface area contributed by atoms with E-state index in [4.69, 9.17) is 4.42 Å². The minimum absolute atomic E-state index is 0.131. The van der Waals surface area contributed by atoms with Crippen molar-refractivity contribution < 1.29 is 12.8 Å². The molecule has 2 heterocycles. The van der Waals surface area contributed by atoms with Crippen LogP contribution in [0.4, 0.5) is 0 Å². The second kappa shape index (κ2) is 6.07. The number of hydrogen-bond acceptors (Lipinski definition) is 5. The Labute approximate surface area is 114 Å². The van der Waals surface area contributed by atoms with Crippen LogP contribution in [0.25, 0.3) is 0 Å². The lowest BCUT2D eigenvalue weighted by atomic mass is 10.2. The molecule has 2 rings (SSSR count). The SMILES string of the molecule is CCNCc1occc1CN(C)C1CCS(=O)(=O)C1. The van der Waals surface area contributed by atoms with Gasteiger partial charge in [0.15, 0.2) is 9.84 Å².